The van der Waals surface area contributed by atoms with Crippen LogP contribution in [0.4, 0.5) is 0 Å². The van der Waals surface area contributed by atoms with Gasteiger partial charge in [-0.15, -0.1) is 0 Å². The predicted octanol–water partition coefficient (Wildman–Crippen LogP) is 14.1. The molecule has 0 unspecified atom stereocenters. The fourth-order valence-corrected chi connectivity index (χ4v) is 10.0. The highest BCUT2D eigenvalue weighted by Gasteiger charge is 2.54. The van der Waals surface area contributed by atoms with Crippen molar-refractivity contribution in [3.63, 3.8) is 0 Å². The second kappa shape index (κ2) is 22.6. The average molecular weight is 1120 g/mol. The van der Waals surface area contributed by atoms with Crippen LogP contribution in [-0.2, 0) is 71.7 Å². The third-order valence-electron chi connectivity index (χ3n) is 14.8. The number of hydrogen-bond donors (Lipinski definition) is 4. The van der Waals surface area contributed by atoms with Gasteiger partial charge in [0, 0.05) is 51.6 Å². The average Bonchev–Trinajstić information content (AvgIpc) is 3.31. The number of phenols is 4. The molecule has 1 aliphatic heterocycles. The van der Waals surface area contributed by atoms with E-state index in [1.54, 1.807) is 24.3 Å². The molecule has 1 heterocycles. The van der Waals surface area contributed by atoms with Crippen molar-refractivity contribution in [3.8, 4) is 23.0 Å². The van der Waals surface area contributed by atoms with Crippen LogP contribution in [0.3, 0.4) is 0 Å². The van der Waals surface area contributed by atoms with Gasteiger partial charge in [-0.3, -0.25) is 0 Å². The highest BCUT2D eigenvalue weighted by Crippen LogP contribution is 2.45. The normalized spacial score (nSPS) is 18.8. The van der Waals surface area contributed by atoms with Gasteiger partial charge in [0.25, 0.3) is 0 Å². The zero-order chi connectivity index (χ0) is 62.0. The highest BCUT2D eigenvalue weighted by molar-refractivity contribution is 5.93. The Kier molecular flexibility index (Phi) is 18.3. The molecule has 0 saturated carbocycles. The zero-order valence-electron chi connectivity index (χ0n) is 53.1. The maximum atomic E-state index is 15.3. The fraction of sp³-hybridized carbons (Fsp3) is 0.582. The van der Waals surface area contributed by atoms with Crippen LogP contribution in [0, 0.1) is 0 Å². The van der Waals surface area contributed by atoms with E-state index >= 15 is 14.4 Å². The van der Waals surface area contributed by atoms with Crippen LogP contribution in [-0.4, -0.2) is 88.7 Å². The number of carbonyl (C=O) groups excluding carboxylic acids is 4. The first-order valence-corrected chi connectivity index (χ1v) is 28.0. The summed E-state index contributed by atoms with van der Waals surface area (Å²) in [6.45, 7) is 45.0. The summed E-state index contributed by atoms with van der Waals surface area (Å²) in [5.41, 5.74) is -1.22. The predicted molar refractivity (Wildman–Crippen MR) is 316 cm³/mol. The van der Waals surface area contributed by atoms with Crippen molar-refractivity contribution < 1.29 is 68.0 Å². The van der Waals surface area contributed by atoms with Gasteiger partial charge in [-0.05, 0) is 91.9 Å². The third kappa shape index (κ3) is 14.7. The number of aromatic hydroxyl groups is 4. The zero-order valence-corrected chi connectivity index (χ0v) is 53.1. The van der Waals surface area contributed by atoms with Crippen LogP contribution >= 0.6 is 0 Å². The van der Waals surface area contributed by atoms with Gasteiger partial charge in [0.1, 0.15) is 35.7 Å². The van der Waals surface area contributed by atoms with E-state index in [-0.39, 0.29) is 45.3 Å². The smallest absolute Gasteiger partial charge is 0.338 e. The van der Waals surface area contributed by atoms with Crippen molar-refractivity contribution >= 4 is 23.9 Å². The van der Waals surface area contributed by atoms with Crippen LogP contribution < -0.4 is 0 Å². The summed E-state index contributed by atoms with van der Waals surface area (Å²) in [7, 11) is 1.29. The largest absolute Gasteiger partial charge is 0.507 e. The second-order valence-electron chi connectivity index (χ2n) is 30.2. The molecule has 4 N–H and O–H groups in total. The summed E-state index contributed by atoms with van der Waals surface area (Å²) in [5.74, 6) is -3.55. The molecule has 0 radical (unpaired) electrons. The molecule has 0 bridgehead atoms. The number of benzene rings is 4. The Morgan fingerprint density at radius 1 is 0.358 bits per heavy atom. The molecule has 5 atom stereocenters. The third-order valence-corrected chi connectivity index (χ3v) is 14.8. The molecule has 0 amide bonds. The van der Waals surface area contributed by atoms with E-state index in [0.29, 0.717) is 44.5 Å². The number of esters is 4. The van der Waals surface area contributed by atoms with E-state index in [1.165, 1.54) is 31.4 Å². The summed E-state index contributed by atoms with van der Waals surface area (Å²) in [6.07, 6.45) is -8.31. The molecule has 0 aromatic heterocycles. The molecule has 1 fully saturated rings. The van der Waals surface area contributed by atoms with Gasteiger partial charge in [0.15, 0.2) is 24.6 Å². The molecule has 4 aromatic carbocycles. The number of methoxy groups -OCH3 is 1. The van der Waals surface area contributed by atoms with Crippen LogP contribution in [0.25, 0.3) is 0 Å². The van der Waals surface area contributed by atoms with Crippen LogP contribution in [0.5, 0.6) is 23.0 Å². The maximum Gasteiger partial charge on any atom is 0.338 e. The molecule has 4 aromatic rings. The fourth-order valence-electron chi connectivity index (χ4n) is 10.0. The molecule has 446 valence electrons. The summed E-state index contributed by atoms with van der Waals surface area (Å²) in [6, 6.07) is 12.4. The number of carbonyl (C=O) groups is 4. The Bertz CT molecular complexity index is 2890. The Morgan fingerprint density at radius 3 is 0.790 bits per heavy atom. The molecule has 14 nitrogen and oxygen atoms in total. The molecular formula is C67H94O14. The van der Waals surface area contributed by atoms with Crippen molar-refractivity contribution in [1.82, 2.24) is 0 Å². The molecule has 1 saturated heterocycles. The minimum absolute atomic E-state index is 0.00623. The van der Waals surface area contributed by atoms with Crippen molar-refractivity contribution in [2.75, 3.05) is 13.7 Å². The Hall–Kier alpha value is -6.12. The van der Waals surface area contributed by atoms with Crippen molar-refractivity contribution in [1.29, 1.82) is 0 Å². The lowest BCUT2D eigenvalue weighted by Gasteiger charge is -2.44. The first-order valence-electron chi connectivity index (χ1n) is 28.0. The lowest BCUT2D eigenvalue weighted by atomic mass is 9.78. The van der Waals surface area contributed by atoms with Crippen molar-refractivity contribution in [2.24, 2.45) is 0 Å². The summed E-state index contributed by atoms with van der Waals surface area (Å²) in [4.78, 5) is 60.0. The summed E-state index contributed by atoms with van der Waals surface area (Å²) in [5, 5.41) is 46.6. The van der Waals surface area contributed by atoms with E-state index < -0.39 is 105 Å². The highest BCUT2D eigenvalue weighted by atomic mass is 16.7. The van der Waals surface area contributed by atoms with E-state index in [1.807, 2.05) is 166 Å². The summed E-state index contributed by atoms with van der Waals surface area (Å²) < 4.78 is 38.3. The van der Waals surface area contributed by atoms with Crippen LogP contribution in [0.1, 0.15) is 252 Å². The number of rotatable bonds is 10. The van der Waals surface area contributed by atoms with E-state index in [4.69, 9.17) is 28.4 Å². The van der Waals surface area contributed by atoms with Gasteiger partial charge >= 0.3 is 23.9 Å². The van der Waals surface area contributed by atoms with Gasteiger partial charge in [0.2, 0.25) is 0 Å². The summed E-state index contributed by atoms with van der Waals surface area (Å²) >= 11 is 0. The van der Waals surface area contributed by atoms with E-state index in [2.05, 4.69) is 0 Å². The molecule has 0 aliphatic carbocycles. The van der Waals surface area contributed by atoms with Gasteiger partial charge in [-0.1, -0.05) is 166 Å². The lowest BCUT2D eigenvalue weighted by molar-refractivity contribution is -0.291. The molecule has 0 spiro atoms. The SMILES string of the molecule is CO[C@H]1O[C@H](COC(=O)c2cc(C(C)(C)C)c(O)c(C(C)(C)C)c2)[C@@H](OC(=O)c2cc(C(C)(C)C)c(O)c(C(C)(C)C)c2)[C@H](OC(=O)c2cc(C(C)(C)C)c(O)c(C(C)(C)C)c2)[C@H]1OC(=O)c1cc(C(C)(C)C)c(O)c(C(C)(C)C)c1. The van der Waals surface area contributed by atoms with Gasteiger partial charge in [-0.2, -0.15) is 0 Å². The van der Waals surface area contributed by atoms with Gasteiger partial charge < -0.3 is 48.8 Å². The topological polar surface area (TPSA) is 205 Å². The molecule has 81 heavy (non-hydrogen) atoms. The quantitative estimate of drug-likeness (QED) is 0.0862. The van der Waals surface area contributed by atoms with Crippen molar-refractivity contribution in [2.45, 2.75) is 240 Å². The Balaban J connectivity index is 1.82. The number of phenolic OH excluding ortho intramolecular Hbond substituents is 4. The van der Waals surface area contributed by atoms with Crippen LogP contribution in [0.2, 0.25) is 0 Å². The second-order valence-corrected chi connectivity index (χ2v) is 30.2. The maximum absolute atomic E-state index is 15.3. The molecule has 14 heteroatoms. The minimum atomic E-state index is -1.78. The molecule has 1 aliphatic rings. The van der Waals surface area contributed by atoms with E-state index in [9.17, 15) is 25.2 Å². The first-order chi connectivity index (χ1) is 36.5. The Labute approximate surface area is 482 Å². The first kappa shape index (κ1) is 65.7. The lowest BCUT2D eigenvalue weighted by Crippen LogP contribution is -2.63. The Morgan fingerprint density at radius 2 is 0.568 bits per heavy atom. The minimum Gasteiger partial charge on any atom is -0.507 e. The van der Waals surface area contributed by atoms with Gasteiger partial charge in [0.05, 0.1) is 22.3 Å². The number of hydrogen-bond acceptors (Lipinski definition) is 14. The van der Waals surface area contributed by atoms with Gasteiger partial charge in [-0.25, -0.2) is 19.2 Å². The van der Waals surface area contributed by atoms with E-state index in [0.717, 1.165) is 0 Å². The van der Waals surface area contributed by atoms with Crippen molar-refractivity contribution in [3.05, 3.63) is 115 Å². The molecule has 5 rings (SSSR count). The van der Waals surface area contributed by atoms with Crippen LogP contribution in [0.15, 0.2) is 48.5 Å². The monoisotopic (exact) mass is 1120 g/mol. The standard InChI is InChI=1S/C67H94O14/c1-60(2,3)39-26-35(27-40(48(39)68)61(4,5)6)55(72)77-34-47-52(79-56(73)36-28-41(62(7,8)9)49(69)42(29-36)63(10,11)12)53(80-57(74)37-30-43(64(13,14)15)50(70)44(31-37)65(16,17)18)54(59(76-25)78-47)81-58(75)38-32-45(66(19,20)21)51(71)46(33-38)67(22,23)24/h26-33,47,52-54,59,68-71H,34H2,1-25H3/t47-,52-,53+,54-,59+/m1/s1. The number of ether oxygens (including phenoxy) is 6. The molecular weight excluding hydrogens is 1030 g/mol.